The highest BCUT2D eigenvalue weighted by Gasteiger charge is 2.12. The summed E-state index contributed by atoms with van der Waals surface area (Å²) in [5.74, 6) is -0.0284. The van der Waals surface area contributed by atoms with Crippen LogP contribution in [0.3, 0.4) is 0 Å². The summed E-state index contributed by atoms with van der Waals surface area (Å²) in [6.07, 6.45) is 1.63. The number of nitrogens with zero attached hydrogens (tertiary/aromatic N) is 2. The smallest absolute Gasteiger partial charge is 0.211 e. The number of nitrogen functional groups attached to an aromatic ring is 1. The van der Waals surface area contributed by atoms with Crippen molar-refractivity contribution < 1.29 is 4.79 Å². The van der Waals surface area contributed by atoms with Crippen LogP contribution >= 0.6 is 0 Å². The fraction of sp³-hybridized carbons (Fsp3) is 0.167. The lowest BCUT2D eigenvalue weighted by molar-refractivity contribution is 0.102. The quantitative estimate of drug-likeness (QED) is 0.626. The molecule has 0 fully saturated rings. The van der Waals surface area contributed by atoms with Gasteiger partial charge in [-0.2, -0.15) is 5.10 Å². The standard InChI is InChI=1S/C12H13N3O/c1-2-15-11(7-8-14-15)12(16)9-3-5-10(13)6-4-9/h3-8H,2,13H2,1H3. The summed E-state index contributed by atoms with van der Waals surface area (Å²) >= 11 is 0. The number of hydrogen-bond donors (Lipinski definition) is 1. The van der Waals surface area contributed by atoms with Gasteiger partial charge < -0.3 is 5.73 Å². The third-order valence-corrected chi connectivity index (χ3v) is 2.42. The molecule has 1 heterocycles. The van der Waals surface area contributed by atoms with E-state index in [1.54, 1.807) is 41.2 Å². The van der Waals surface area contributed by atoms with Crippen molar-refractivity contribution in [1.29, 1.82) is 0 Å². The van der Waals surface area contributed by atoms with E-state index in [2.05, 4.69) is 5.10 Å². The molecule has 16 heavy (non-hydrogen) atoms. The third-order valence-electron chi connectivity index (χ3n) is 2.42. The predicted molar refractivity (Wildman–Crippen MR) is 62.2 cm³/mol. The molecule has 0 radical (unpaired) electrons. The fourth-order valence-corrected chi connectivity index (χ4v) is 1.56. The molecule has 0 aliphatic carbocycles. The van der Waals surface area contributed by atoms with Crippen LogP contribution in [0.4, 0.5) is 5.69 Å². The minimum atomic E-state index is -0.0284. The number of aryl methyl sites for hydroxylation is 1. The lowest BCUT2D eigenvalue weighted by Crippen LogP contribution is -2.10. The lowest BCUT2D eigenvalue weighted by Gasteiger charge is -2.04. The molecule has 0 unspecified atom stereocenters. The SMILES string of the molecule is CCn1nccc1C(=O)c1ccc(N)cc1. The van der Waals surface area contributed by atoms with E-state index in [4.69, 9.17) is 5.73 Å². The molecule has 2 rings (SSSR count). The molecule has 0 aliphatic heterocycles. The van der Waals surface area contributed by atoms with Gasteiger partial charge in [-0.05, 0) is 37.3 Å². The number of nitrogens with two attached hydrogens (primary N) is 1. The molecule has 0 amide bonds. The molecule has 1 aromatic carbocycles. The average Bonchev–Trinajstić information content (AvgIpc) is 2.77. The zero-order valence-electron chi connectivity index (χ0n) is 9.05. The van der Waals surface area contributed by atoms with Crippen LogP contribution in [0.2, 0.25) is 0 Å². The maximum Gasteiger partial charge on any atom is 0.211 e. The van der Waals surface area contributed by atoms with Crippen molar-refractivity contribution in [2.45, 2.75) is 13.5 Å². The summed E-state index contributed by atoms with van der Waals surface area (Å²) in [6, 6.07) is 8.62. The number of carbonyl (C=O) groups excluding carboxylic acids is 1. The van der Waals surface area contributed by atoms with E-state index in [1.165, 1.54) is 0 Å². The van der Waals surface area contributed by atoms with Crippen LogP contribution in [0.1, 0.15) is 23.0 Å². The van der Waals surface area contributed by atoms with E-state index >= 15 is 0 Å². The van der Waals surface area contributed by atoms with Crippen LogP contribution in [-0.2, 0) is 6.54 Å². The maximum absolute atomic E-state index is 12.1. The van der Waals surface area contributed by atoms with Crippen LogP contribution in [0.5, 0.6) is 0 Å². The molecular formula is C12H13N3O. The second kappa shape index (κ2) is 4.18. The van der Waals surface area contributed by atoms with Crippen LogP contribution in [0.25, 0.3) is 0 Å². The number of hydrogen-bond acceptors (Lipinski definition) is 3. The third kappa shape index (κ3) is 1.82. The Kier molecular flexibility index (Phi) is 2.72. The predicted octanol–water partition coefficient (Wildman–Crippen LogP) is 1.72. The summed E-state index contributed by atoms with van der Waals surface area (Å²) in [4.78, 5) is 12.1. The molecule has 0 spiro atoms. The number of carbonyl (C=O) groups is 1. The van der Waals surface area contributed by atoms with Gasteiger partial charge in [0.1, 0.15) is 5.69 Å². The minimum absolute atomic E-state index is 0.0284. The van der Waals surface area contributed by atoms with Gasteiger partial charge >= 0.3 is 0 Å². The van der Waals surface area contributed by atoms with Crippen LogP contribution < -0.4 is 5.73 Å². The molecule has 0 aliphatic rings. The molecule has 2 N–H and O–H groups in total. The van der Waals surface area contributed by atoms with Gasteiger partial charge in [0.05, 0.1) is 0 Å². The van der Waals surface area contributed by atoms with Crippen LogP contribution in [0, 0.1) is 0 Å². The highest BCUT2D eigenvalue weighted by molar-refractivity contribution is 6.07. The molecule has 0 saturated heterocycles. The van der Waals surface area contributed by atoms with Gasteiger partial charge in [0.2, 0.25) is 5.78 Å². The Bertz CT molecular complexity index is 499. The fourth-order valence-electron chi connectivity index (χ4n) is 1.56. The zero-order valence-corrected chi connectivity index (χ0v) is 9.05. The summed E-state index contributed by atoms with van der Waals surface area (Å²) in [5.41, 5.74) is 7.46. The first-order valence-corrected chi connectivity index (χ1v) is 5.14. The van der Waals surface area contributed by atoms with Crippen LogP contribution in [0.15, 0.2) is 36.5 Å². The van der Waals surface area contributed by atoms with Gasteiger partial charge in [0.15, 0.2) is 0 Å². The first-order chi connectivity index (χ1) is 7.72. The monoisotopic (exact) mass is 215 g/mol. The van der Waals surface area contributed by atoms with E-state index in [9.17, 15) is 4.79 Å². The second-order valence-electron chi connectivity index (χ2n) is 3.48. The molecule has 82 valence electrons. The number of rotatable bonds is 3. The molecule has 1 aromatic heterocycles. The van der Waals surface area contributed by atoms with Crippen molar-refractivity contribution in [3.05, 3.63) is 47.8 Å². The van der Waals surface area contributed by atoms with Gasteiger partial charge in [-0.25, -0.2) is 0 Å². The highest BCUT2D eigenvalue weighted by Crippen LogP contribution is 2.11. The summed E-state index contributed by atoms with van der Waals surface area (Å²) in [5, 5.41) is 4.07. The normalized spacial score (nSPS) is 10.3. The van der Waals surface area contributed by atoms with E-state index in [0.717, 1.165) is 0 Å². The molecule has 0 bridgehead atoms. The lowest BCUT2D eigenvalue weighted by atomic mass is 10.1. The summed E-state index contributed by atoms with van der Waals surface area (Å²) in [7, 11) is 0. The maximum atomic E-state index is 12.1. The van der Waals surface area contributed by atoms with Crippen molar-refractivity contribution in [3.63, 3.8) is 0 Å². The first-order valence-electron chi connectivity index (χ1n) is 5.14. The van der Waals surface area contributed by atoms with Gasteiger partial charge in [0.25, 0.3) is 0 Å². The van der Waals surface area contributed by atoms with Crippen molar-refractivity contribution in [1.82, 2.24) is 9.78 Å². The minimum Gasteiger partial charge on any atom is -0.399 e. The number of ketones is 1. The largest absolute Gasteiger partial charge is 0.399 e. The van der Waals surface area contributed by atoms with Crippen molar-refractivity contribution in [2.75, 3.05) is 5.73 Å². The Morgan fingerprint density at radius 1 is 1.31 bits per heavy atom. The Hall–Kier alpha value is -2.10. The number of aromatic nitrogens is 2. The van der Waals surface area contributed by atoms with E-state index < -0.39 is 0 Å². The number of anilines is 1. The van der Waals surface area contributed by atoms with E-state index in [-0.39, 0.29) is 5.78 Å². The summed E-state index contributed by atoms with van der Waals surface area (Å²) in [6.45, 7) is 2.63. The van der Waals surface area contributed by atoms with Crippen molar-refractivity contribution in [3.8, 4) is 0 Å². The molecule has 0 atom stereocenters. The molecule has 4 nitrogen and oxygen atoms in total. The van der Waals surface area contributed by atoms with Gasteiger partial charge in [-0.1, -0.05) is 0 Å². The van der Waals surface area contributed by atoms with Crippen molar-refractivity contribution in [2.24, 2.45) is 0 Å². The van der Waals surface area contributed by atoms with Gasteiger partial charge in [-0.15, -0.1) is 0 Å². The summed E-state index contributed by atoms with van der Waals surface area (Å²) < 4.78 is 1.68. The molecular weight excluding hydrogens is 202 g/mol. The molecule has 2 aromatic rings. The Morgan fingerprint density at radius 3 is 2.62 bits per heavy atom. The van der Waals surface area contributed by atoms with Gasteiger partial charge in [0, 0.05) is 24.0 Å². The average molecular weight is 215 g/mol. The highest BCUT2D eigenvalue weighted by atomic mass is 16.1. The second-order valence-corrected chi connectivity index (χ2v) is 3.48. The molecule has 4 heteroatoms. The van der Waals surface area contributed by atoms with E-state index in [1.807, 2.05) is 6.92 Å². The first kappa shape index (κ1) is 10.4. The van der Waals surface area contributed by atoms with Crippen LogP contribution in [-0.4, -0.2) is 15.6 Å². The molecule has 0 saturated carbocycles. The van der Waals surface area contributed by atoms with Crippen molar-refractivity contribution >= 4 is 11.5 Å². The number of benzene rings is 1. The van der Waals surface area contributed by atoms with Gasteiger partial charge in [-0.3, -0.25) is 9.48 Å². The zero-order chi connectivity index (χ0) is 11.5. The Balaban J connectivity index is 2.35. The Labute approximate surface area is 93.7 Å². The topological polar surface area (TPSA) is 60.9 Å². The Morgan fingerprint density at radius 2 is 2.00 bits per heavy atom. The van der Waals surface area contributed by atoms with E-state index in [0.29, 0.717) is 23.5 Å².